The van der Waals surface area contributed by atoms with Crippen LogP contribution in [0.1, 0.15) is 44.1 Å². The normalized spacial score (nSPS) is 33.3. The number of rotatable bonds is 3. The molecule has 0 unspecified atom stereocenters. The Balaban J connectivity index is 1.54. The minimum Gasteiger partial charge on any atom is -0.273 e. The van der Waals surface area contributed by atoms with Gasteiger partial charge in [-0.25, -0.2) is 13.1 Å². The Labute approximate surface area is 150 Å². The SMILES string of the molecule is O=C(NS(=O)(=O)c1ccc(C(F)(F)F)cc1)C12CC3CC(CC(C3)C1)C2. The number of amides is 1. The lowest BCUT2D eigenvalue weighted by molar-refractivity contribution is -0.144. The Morgan fingerprint density at radius 2 is 1.42 bits per heavy atom. The van der Waals surface area contributed by atoms with Crippen molar-refractivity contribution in [1.29, 1.82) is 0 Å². The van der Waals surface area contributed by atoms with E-state index in [-0.39, 0.29) is 4.90 Å². The topological polar surface area (TPSA) is 63.2 Å². The lowest BCUT2D eigenvalue weighted by Gasteiger charge is -2.55. The van der Waals surface area contributed by atoms with Crippen molar-refractivity contribution in [1.82, 2.24) is 4.72 Å². The highest BCUT2D eigenvalue weighted by Crippen LogP contribution is 2.60. The summed E-state index contributed by atoms with van der Waals surface area (Å²) in [6.45, 7) is 0. The van der Waals surface area contributed by atoms with Crippen molar-refractivity contribution in [2.24, 2.45) is 23.2 Å². The zero-order valence-electron chi connectivity index (χ0n) is 14.1. The summed E-state index contributed by atoms with van der Waals surface area (Å²) in [6, 6.07) is 3.20. The lowest BCUT2D eigenvalue weighted by Crippen LogP contribution is -2.54. The molecular formula is C18H20F3NO3S. The van der Waals surface area contributed by atoms with E-state index in [1.54, 1.807) is 0 Å². The quantitative estimate of drug-likeness (QED) is 0.860. The molecule has 0 saturated heterocycles. The summed E-state index contributed by atoms with van der Waals surface area (Å²) in [5.41, 5.74) is -1.56. The minimum absolute atomic E-state index is 0.330. The van der Waals surface area contributed by atoms with Crippen molar-refractivity contribution in [3.05, 3.63) is 29.8 Å². The van der Waals surface area contributed by atoms with E-state index >= 15 is 0 Å². The summed E-state index contributed by atoms with van der Waals surface area (Å²) in [7, 11) is -4.18. The van der Waals surface area contributed by atoms with Gasteiger partial charge >= 0.3 is 6.18 Å². The van der Waals surface area contributed by atoms with Crippen molar-refractivity contribution < 1.29 is 26.4 Å². The van der Waals surface area contributed by atoms with Gasteiger partial charge in [-0.1, -0.05) is 0 Å². The van der Waals surface area contributed by atoms with Crippen molar-refractivity contribution in [3.63, 3.8) is 0 Å². The number of hydrogen-bond acceptors (Lipinski definition) is 3. The van der Waals surface area contributed by atoms with E-state index in [0.29, 0.717) is 49.1 Å². The molecule has 5 rings (SSSR count). The van der Waals surface area contributed by atoms with E-state index in [4.69, 9.17) is 0 Å². The van der Waals surface area contributed by atoms with Crippen LogP contribution in [0.25, 0.3) is 0 Å². The number of nitrogens with one attached hydrogen (secondary N) is 1. The molecule has 0 atom stereocenters. The number of halogens is 3. The fraction of sp³-hybridized carbons (Fsp3) is 0.611. The summed E-state index contributed by atoms with van der Waals surface area (Å²) in [5, 5.41) is 0. The van der Waals surface area contributed by atoms with Crippen LogP contribution in [-0.2, 0) is 21.0 Å². The van der Waals surface area contributed by atoms with Gasteiger partial charge in [-0.15, -0.1) is 0 Å². The molecule has 0 aliphatic heterocycles. The Morgan fingerprint density at radius 3 is 1.85 bits per heavy atom. The van der Waals surface area contributed by atoms with Crippen LogP contribution in [0.15, 0.2) is 29.2 Å². The predicted molar refractivity (Wildman–Crippen MR) is 87.4 cm³/mol. The highest BCUT2D eigenvalue weighted by Gasteiger charge is 2.55. The second-order valence-corrected chi connectivity index (χ2v) is 9.84. The zero-order valence-corrected chi connectivity index (χ0v) is 14.9. The van der Waals surface area contributed by atoms with Crippen molar-refractivity contribution in [2.45, 2.75) is 49.6 Å². The Bertz CT molecular complexity index is 795. The fourth-order valence-corrected chi connectivity index (χ4v) is 6.57. The van der Waals surface area contributed by atoms with Gasteiger partial charge in [0.25, 0.3) is 10.0 Å². The molecule has 26 heavy (non-hydrogen) atoms. The average Bonchev–Trinajstić information content (AvgIpc) is 2.52. The molecule has 4 bridgehead atoms. The third-order valence-electron chi connectivity index (χ3n) is 6.24. The molecule has 1 aromatic rings. The maximum absolute atomic E-state index is 12.8. The van der Waals surface area contributed by atoms with Crippen LogP contribution < -0.4 is 4.72 Å². The molecule has 8 heteroatoms. The number of hydrogen-bond donors (Lipinski definition) is 1. The van der Waals surface area contributed by atoms with Gasteiger partial charge in [0.05, 0.1) is 15.9 Å². The first-order valence-electron chi connectivity index (χ1n) is 8.82. The van der Waals surface area contributed by atoms with Crippen LogP contribution in [-0.4, -0.2) is 14.3 Å². The zero-order chi connectivity index (χ0) is 18.7. The number of carbonyl (C=O) groups excluding carboxylic acids is 1. The molecule has 4 aliphatic rings. The van der Waals surface area contributed by atoms with E-state index < -0.39 is 33.1 Å². The molecule has 1 N–H and O–H groups in total. The molecule has 4 aliphatic carbocycles. The van der Waals surface area contributed by atoms with Gasteiger partial charge in [-0.3, -0.25) is 4.79 Å². The molecule has 0 radical (unpaired) electrons. The van der Waals surface area contributed by atoms with E-state index in [2.05, 4.69) is 4.72 Å². The first kappa shape index (κ1) is 17.8. The fourth-order valence-electron chi connectivity index (χ4n) is 5.50. The van der Waals surface area contributed by atoms with Crippen LogP contribution in [0.4, 0.5) is 13.2 Å². The van der Waals surface area contributed by atoms with Crippen molar-refractivity contribution in [2.75, 3.05) is 0 Å². The monoisotopic (exact) mass is 387 g/mol. The second kappa shape index (κ2) is 5.71. The number of sulfonamides is 1. The Hall–Kier alpha value is -1.57. The van der Waals surface area contributed by atoms with Crippen LogP contribution in [0.2, 0.25) is 0 Å². The number of benzene rings is 1. The van der Waals surface area contributed by atoms with Gasteiger partial charge in [0.1, 0.15) is 0 Å². The molecule has 0 heterocycles. The second-order valence-electron chi connectivity index (χ2n) is 8.15. The average molecular weight is 387 g/mol. The summed E-state index contributed by atoms with van der Waals surface area (Å²) in [5.74, 6) is 0.971. The summed E-state index contributed by atoms with van der Waals surface area (Å²) < 4.78 is 65.0. The predicted octanol–water partition coefficient (Wildman–Crippen LogP) is 3.73. The van der Waals surface area contributed by atoms with Gasteiger partial charge in [-0.05, 0) is 80.5 Å². The van der Waals surface area contributed by atoms with E-state index in [1.165, 1.54) is 0 Å². The van der Waals surface area contributed by atoms with Crippen LogP contribution in [0, 0.1) is 23.2 Å². The van der Waals surface area contributed by atoms with Gasteiger partial charge in [-0.2, -0.15) is 13.2 Å². The first-order valence-corrected chi connectivity index (χ1v) is 10.3. The molecule has 1 aromatic carbocycles. The highest BCUT2D eigenvalue weighted by atomic mass is 32.2. The van der Waals surface area contributed by atoms with Crippen molar-refractivity contribution >= 4 is 15.9 Å². The minimum atomic E-state index is -4.54. The van der Waals surface area contributed by atoms with E-state index in [9.17, 15) is 26.4 Å². The summed E-state index contributed by atoms with van der Waals surface area (Å²) in [6.07, 6.45) is 0.980. The summed E-state index contributed by atoms with van der Waals surface area (Å²) in [4.78, 5) is 12.5. The molecule has 0 aromatic heterocycles. The molecule has 1 amide bonds. The summed E-state index contributed by atoms with van der Waals surface area (Å²) >= 11 is 0. The molecular weight excluding hydrogens is 367 g/mol. The van der Waals surface area contributed by atoms with Gasteiger partial charge < -0.3 is 0 Å². The van der Waals surface area contributed by atoms with Crippen LogP contribution in [0.5, 0.6) is 0 Å². The standard InChI is InChI=1S/C18H20F3NO3S/c19-18(20,21)14-1-3-15(4-2-14)26(24,25)22-16(23)17-8-11-5-12(9-17)7-13(6-11)10-17/h1-4,11-13H,5-10H2,(H,22,23). The highest BCUT2D eigenvalue weighted by molar-refractivity contribution is 7.90. The van der Waals surface area contributed by atoms with E-state index in [0.717, 1.165) is 31.4 Å². The number of carbonyl (C=O) groups is 1. The van der Waals surface area contributed by atoms with Crippen LogP contribution >= 0.6 is 0 Å². The van der Waals surface area contributed by atoms with Gasteiger partial charge in [0.2, 0.25) is 5.91 Å². The molecule has 0 spiro atoms. The van der Waals surface area contributed by atoms with Crippen LogP contribution in [0.3, 0.4) is 0 Å². The Kier molecular flexibility index (Phi) is 3.92. The molecule has 4 saturated carbocycles. The molecule has 142 valence electrons. The smallest absolute Gasteiger partial charge is 0.273 e. The van der Waals surface area contributed by atoms with Gasteiger partial charge in [0.15, 0.2) is 0 Å². The number of alkyl halides is 3. The maximum atomic E-state index is 12.8. The molecule has 4 fully saturated rings. The Morgan fingerprint density at radius 1 is 0.962 bits per heavy atom. The third-order valence-corrected chi connectivity index (χ3v) is 7.59. The third kappa shape index (κ3) is 3.02. The van der Waals surface area contributed by atoms with Gasteiger partial charge in [0, 0.05) is 0 Å². The first-order chi connectivity index (χ1) is 12.1. The maximum Gasteiger partial charge on any atom is 0.416 e. The lowest BCUT2D eigenvalue weighted by atomic mass is 9.49. The molecule has 4 nitrogen and oxygen atoms in total. The van der Waals surface area contributed by atoms with E-state index in [1.807, 2.05) is 0 Å². The largest absolute Gasteiger partial charge is 0.416 e. The van der Waals surface area contributed by atoms with Crippen molar-refractivity contribution in [3.8, 4) is 0 Å².